The van der Waals surface area contributed by atoms with Crippen molar-refractivity contribution in [3.05, 3.63) is 70.4 Å². The van der Waals surface area contributed by atoms with Gasteiger partial charge in [-0.1, -0.05) is 24.3 Å². The second kappa shape index (κ2) is 8.04. The highest BCUT2D eigenvalue weighted by atomic mass is 32.1. The Hall–Kier alpha value is -3.80. The number of halogens is 3. The Labute approximate surface area is 187 Å². The second-order valence-corrected chi connectivity index (χ2v) is 7.56. The molecule has 3 N–H and O–H groups in total. The zero-order chi connectivity index (χ0) is 22.9. The van der Waals surface area contributed by atoms with E-state index in [9.17, 15) is 27.6 Å². The highest BCUT2D eigenvalue weighted by molar-refractivity contribution is 7.07. The van der Waals surface area contributed by atoms with Crippen LogP contribution in [0.15, 0.2) is 53.5 Å². The van der Waals surface area contributed by atoms with E-state index in [-0.39, 0.29) is 22.1 Å². The Morgan fingerprint density at radius 3 is 2.53 bits per heavy atom. The average Bonchev–Trinajstić information content (AvgIpc) is 3.40. The summed E-state index contributed by atoms with van der Waals surface area (Å²) in [4.78, 5) is 44.7. The molecule has 0 aliphatic carbocycles. The Kier molecular flexibility index (Phi) is 5.38. The van der Waals surface area contributed by atoms with Crippen molar-refractivity contribution >= 4 is 29.2 Å². The predicted octanol–water partition coefficient (Wildman–Crippen LogP) is 3.43. The van der Waals surface area contributed by atoms with Crippen molar-refractivity contribution in [3.8, 4) is 11.1 Å². The molecule has 1 saturated heterocycles. The fourth-order valence-corrected chi connectivity index (χ4v) is 3.90. The molecule has 3 heterocycles. The van der Waals surface area contributed by atoms with Gasteiger partial charge in [-0.15, -0.1) is 11.3 Å². The lowest BCUT2D eigenvalue weighted by molar-refractivity contribution is -0.141. The zero-order valence-corrected chi connectivity index (χ0v) is 16.9. The monoisotopic (exact) mass is 467 g/mol. The molecule has 1 fully saturated rings. The third-order valence-corrected chi connectivity index (χ3v) is 5.45. The summed E-state index contributed by atoms with van der Waals surface area (Å²) in [5.41, 5.74) is -0.0325. The number of pyridine rings is 1. The molecule has 12 heteroatoms. The van der Waals surface area contributed by atoms with E-state index >= 15 is 0 Å². The average molecular weight is 467 g/mol. The molecule has 0 spiro atoms. The van der Waals surface area contributed by atoms with E-state index in [1.807, 2.05) is 0 Å². The minimum absolute atomic E-state index is 0. The van der Waals surface area contributed by atoms with Gasteiger partial charge in [0.25, 0.3) is 11.8 Å². The summed E-state index contributed by atoms with van der Waals surface area (Å²) < 4.78 is 38.4. The maximum Gasteiger partial charge on any atom is 0.433 e. The van der Waals surface area contributed by atoms with Crippen LogP contribution in [0, 0.1) is 0 Å². The second-order valence-electron chi connectivity index (χ2n) is 6.85. The van der Waals surface area contributed by atoms with Gasteiger partial charge in [-0.3, -0.25) is 19.9 Å². The van der Waals surface area contributed by atoms with E-state index < -0.39 is 35.3 Å². The van der Waals surface area contributed by atoms with Crippen LogP contribution >= 0.6 is 11.3 Å². The number of rotatable bonds is 5. The number of nitrogens with one attached hydrogen (secondary N) is 3. The highest BCUT2D eigenvalue weighted by Crippen LogP contribution is 2.30. The van der Waals surface area contributed by atoms with Crippen molar-refractivity contribution in [2.45, 2.75) is 11.7 Å². The number of hydrogen-bond donors (Lipinski definition) is 3. The van der Waals surface area contributed by atoms with Crippen LogP contribution in [0.4, 0.5) is 18.0 Å². The number of alkyl halides is 3. The molecule has 0 saturated carbocycles. The summed E-state index contributed by atoms with van der Waals surface area (Å²) in [6, 6.07) is 7.63. The standard InChI is InChI=1S/C20H14F3N5O3S.3H2/c21-20(22,23)14-6-5-11(7-24-14)12-3-1-2-4-13(12)16(29)25-9-19(15-8-32-10-26-15)17(30)27-18(31)28-19;;;/h1-8,10H,9H2,(H,25,29)(H2,27,28,30,31);3*1H. The molecule has 0 bridgehead atoms. The van der Waals surface area contributed by atoms with Gasteiger partial charge < -0.3 is 10.6 Å². The number of nitrogens with zero attached hydrogens (tertiary/aromatic N) is 2. The topological polar surface area (TPSA) is 113 Å². The molecule has 1 unspecified atom stereocenters. The van der Waals surface area contributed by atoms with Crippen LogP contribution in [-0.4, -0.2) is 34.4 Å². The molecule has 4 rings (SSSR count). The summed E-state index contributed by atoms with van der Waals surface area (Å²) in [5.74, 6) is -1.25. The van der Waals surface area contributed by atoms with Crippen LogP contribution in [-0.2, 0) is 16.5 Å². The van der Waals surface area contributed by atoms with Gasteiger partial charge >= 0.3 is 12.2 Å². The van der Waals surface area contributed by atoms with Crippen LogP contribution in [0.25, 0.3) is 11.1 Å². The number of imide groups is 1. The van der Waals surface area contributed by atoms with E-state index in [4.69, 9.17) is 0 Å². The molecule has 32 heavy (non-hydrogen) atoms. The third kappa shape index (κ3) is 3.91. The minimum atomic E-state index is -4.58. The fourth-order valence-electron chi connectivity index (χ4n) is 3.27. The number of carbonyl (C=O) groups excluding carboxylic acids is 3. The molecule has 3 aromatic rings. The first-order valence-electron chi connectivity index (χ1n) is 9.14. The first-order valence-corrected chi connectivity index (χ1v) is 10.1. The number of thiazole rings is 1. The summed E-state index contributed by atoms with van der Waals surface area (Å²) in [6.45, 7) is -0.285. The van der Waals surface area contributed by atoms with Gasteiger partial charge in [-0.05, 0) is 17.7 Å². The van der Waals surface area contributed by atoms with Crippen molar-refractivity contribution in [3.63, 3.8) is 0 Å². The lowest BCUT2D eigenvalue weighted by Crippen LogP contribution is -2.52. The van der Waals surface area contributed by atoms with E-state index in [1.54, 1.807) is 23.6 Å². The van der Waals surface area contributed by atoms with Crippen molar-refractivity contribution in [1.29, 1.82) is 0 Å². The number of benzene rings is 1. The molecule has 170 valence electrons. The van der Waals surface area contributed by atoms with Crippen molar-refractivity contribution in [2.75, 3.05) is 6.54 Å². The fraction of sp³-hybridized carbons (Fsp3) is 0.150. The Morgan fingerprint density at radius 1 is 1.16 bits per heavy atom. The minimum Gasteiger partial charge on any atom is -0.349 e. The molecule has 1 atom stereocenters. The van der Waals surface area contributed by atoms with Crippen LogP contribution in [0.2, 0.25) is 0 Å². The van der Waals surface area contributed by atoms with Gasteiger partial charge in [0.15, 0.2) is 5.54 Å². The Morgan fingerprint density at radius 2 is 1.94 bits per heavy atom. The van der Waals surface area contributed by atoms with E-state index in [0.29, 0.717) is 11.1 Å². The molecular formula is C20H20F3N5O3S. The van der Waals surface area contributed by atoms with Gasteiger partial charge in [0.05, 0.1) is 17.7 Å². The van der Waals surface area contributed by atoms with Crippen LogP contribution in [0.1, 0.15) is 26.0 Å². The molecular weight excluding hydrogens is 447 g/mol. The van der Waals surface area contributed by atoms with E-state index in [1.165, 1.54) is 29.0 Å². The van der Waals surface area contributed by atoms with Crippen molar-refractivity contribution in [1.82, 2.24) is 25.9 Å². The predicted molar refractivity (Wildman–Crippen MR) is 114 cm³/mol. The molecule has 0 radical (unpaired) electrons. The van der Waals surface area contributed by atoms with Crippen LogP contribution in [0.5, 0.6) is 0 Å². The number of hydrogen-bond acceptors (Lipinski definition) is 6. The number of carbonyl (C=O) groups is 3. The number of urea groups is 1. The largest absolute Gasteiger partial charge is 0.433 e. The molecule has 1 aliphatic rings. The van der Waals surface area contributed by atoms with E-state index in [0.717, 1.165) is 12.3 Å². The SMILES string of the molecule is O=C1NC(=O)C(CNC(=O)c2ccccc2-c2ccc(C(F)(F)F)nc2)(c2cscn2)N1.[HH].[HH].[HH]. The van der Waals surface area contributed by atoms with Gasteiger partial charge in [-0.2, -0.15) is 13.2 Å². The maximum atomic E-state index is 12.9. The van der Waals surface area contributed by atoms with Crippen LogP contribution < -0.4 is 16.0 Å². The normalized spacial score (nSPS) is 18.2. The molecule has 4 amide bonds. The van der Waals surface area contributed by atoms with Crippen LogP contribution in [0.3, 0.4) is 0 Å². The summed E-state index contributed by atoms with van der Waals surface area (Å²) >= 11 is 1.22. The maximum absolute atomic E-state index is 12.9. The van der Waals surface area contributed by atoms with Crippen molar-refractivity contribution < 1.29 is 31.8 Å². The van der Waals surface area contributed by atoms with E-state index in [2.05, 4.69) is 25.9 Å². The quantitative estimate of drug-likeness (QED) is 0.498. The van der Waals surface area contributed by atoms with Crippen molar-refractivity contribution in [2.24, 2.45) is 0 Å². The van der Waals surface area contributed by atoms with Gasteiger partial charge in [0.1, 0.15) is 5.69 Å². The van der Waals surface area contributed by atoms with Gasteiger partial charge in [0, 0.05) is 27.0 Å². The highest BCUT2D eigenvalue weighted by Gasteiger charge is 2.49. The summed E-state index contributed by atoms with van der Waals surface area (Å²) in [6.07, 6.45) is -3.54. The smallest absolute Gasteiger partial charge is 0.349 e. The van der Waals surface area contributed by atoms with Gasteiger partial charge in [0.2, 0.25) is 0 Å². The molecule has 2 aromatic heterocycles. The zero-order valence-electron chi connectivity index (χ0n) is 16.1. The number of aromatic nitrogens is 2. The third-order valence-electron chi connectivity index (χ3n) is 4.86. The Balaban J connectivity index is 0.00000204. The Bertz CT molecular complexity index is 1200. The van der Waals surface area contributed by atoms with Gasteiger partial charge in [-0.25, -0.2) is 9.78 Å². The lowest BCUT2D eigenvalue weighted by Gasteiger charge is -2.24. The summed E-state index contributed by atoms with van der Waals surface area (Å²) in [5, 5.41) is 8.84. The summed E-state index contributed by atoms with van der Waals surface area (Å²) in [7, 11) is 0. The first kappa shape index (κ1) is 21.4. The number of amides is 4. The molecule has 1 aromatic carbocycles. The first-order chi connectivity index (χ1) is 15.2. The molecule has 1 aliphatic heterocycles. The lowest BCUT2D eigenvalue weighted by atomic mass is 9.95. The molecule has 8 nitrogen and oxygen atoms in total.